The number of carbonyl (C=O) groups excluding carboxylic acids is 2. The zero-order valence-electron chi connectivity index (χ0n) is 21.6. The first-order chi connectivity index (χ1) is 17.5. The van der Waals surface area contributed by atoms with E-state index in [1.54, 1.807) is 24.3 Å². The summed E-state index contributed by atoms with van der Waals surface area (Å²) in [4.78, 5) is 25.5. The molecule has 1 aliphatic heterocycles. The van der Waals surface area contributed by atoms with Crippen LogP contribution in [0.1, 0.15) is 52.9 Å². The molecule has 0 radical (unpaired) electrons. The first kappa shape index (κ1) is 26.4. The molecule has 3 aromatic rings. The fourth-order valence-electron chi connectivity index (χ4n) is 5.06. The molecule has 0 spiro atoms. The number of fused-ring (bicyclic) bond motifs is 1. The van der Waals surface area contributed by atoms with Crippen LogP contribution >= 0.6 is 0 Å². The summed E-state index contributed by atoms with van der Waals surface area (Å²) in [6.45, 7) is 5.96. The van der Waals surface area contributed by atoms with Crippen molar-refractivity contribution in [1.29, 1.82) is 0 Å². The zero-order valence-corrected chi connectivity index (χ0v) is 21.6. The number of amides is 1. The Morgan fingerprint density at radius 2 is 1.84 bits per heavy atom. The van der Waals surface area contributed by atoms with Gasteiger partial charge in [-0.3, -0.25) is 4.79 Å². The fraction of sp³-hybridized carbons (Fsp3) is 0.333. The summed E-state index contributed by atoms with van der Waals surface area (Å²) in [6, 6.07) is 16.9. The average molecular weight is 506 g/mol. The molecule has 0 saturated carbocycles. The van der Waals surface area contributed by atoms with Gasteiger partial charge in [-0.25, -0.2) is 9.18 Å². The van der Waals surface area contributed by atoms with E-state index >= 15 is 0 Å². The van der Waals surface area contributed by atoms with Crippen LogP contribution in [0.2, 0.25) is 0 Å². The molecule has 1 unspecified atom stereocenters. The van der Waals surface area contributed by atoms with Crippen LogP contribution < -0.4 is 10.1 Å². The third kappa shape index (κ3) is 6.00. The predicted molar refractivity (Wildman–Crippen MR) is 139 cm³/mol. The van der Waals surface area contributed by atoms with Crippen molar-refractivity contribution in [2.24, 2.45) is 5.41 Å². The number of aliphatic hydroxyl groups is 1. The summed E-state index contributed by atoms with van der Waals surface area (Å²) in [7, 11) is 1.53. The molecule has 1 amide bonds. The Kier molecular flexibility index (Phi) is 7.37. The number of methoxy groups -OCH3 is 1. The highest BCUT2D eigenvalue weighted by Crippen LogP contribution is 2.37. The van der Waals surface area contributed by atoms with Crippen LogP contribution in [-0.2, 0) is 29.0 Å². The molecule has 194 valence electrons. The maximum atomic E-state index is 14.0. The zero-order chi connectivity index (χ0) is 26.8. The molecule has 1 aliphatic rings. The Hall–Kier alpha value is -3.71. The maximum absolute atomic E-state index is 14.0. The third-order valence-corrected chi connectivity index (χ3v) is 6.79. The minimum atomic E-state index is -1.78. The summed E-state index contributed by atoms with van der Waals surface area (Å²) in [5, 5.41) is 14.8. The van der Waals surface area contributed by atoms with E-state index in [0.29, 0.717) is 34.5 Å². The lowest BCUT2D eigenvalue weighted by atomic mass is 9.73. The van der Waals surface area contributed by atoms with Crippen LogP contribution in [-0.4, -0.2) is 29.7 Å². The van der Waals surface area contributed by atoms with Crippen LogP contribution in [0.4, 0.5) is 10.1 Å². The quantitative estimate of drug-likeness (QED) is 0.381. The van der Waals surface area contributed by atoms with E-state index in [1.807, 2.05) is 45.0 Å². The maximum Gasteiger partial charge on any atom is 0.338 e. The fourth-order valence-corrected chi connectivity index (χ4v) is 5.06. The molecule has 6 nitrogen and oxygen atoms in total. The van der Waals surface area contributed by atoms with Crippen molar-refractivity contribution in [3.05, 3.63) is 94.3 Å². The van der Waals surface area contributed by atoms with Gasteiger partial charge in [-0.15, -0.1) is 0 Å². The molecule has 2 N–H and O–H groups in total. The van der Waals surface area contributed by atoms with Crippen molar-refractivity contribution in [3.8, 4) is 5.75 Å². The highest BCUT2D eigenvalue weighted by molar-refractivity contribution is 5.99. The molecule has 7 heteroatoms. The predicted octanol–water partition coefficient (Wildman–Crippen LogP) is 5.38. The highest BCUT2D eigenvalue weighted by atomic mass is 19.1. The van der Waals surface area contributed by atoms with Gasteiger partial charge in [0.25, 0.3) is 5.91 Å². The van der Waals surface area contributed by atoms with Crippen molar-refractivity contribution in [3.63, 3.8) is 0 Å². The van der Waals surface area contributed by atoms with Crippen molar-refractivity contribution < 1.29 is 28.6 Å². The van der Waals surface area contributed by atoms with E-state index in [2.05, 4.69) is 5.32 Å². The normalized spacial score (nSPS) is 14.5. The summed E-state index contributed by atoms with van der Waals surface area (Å²) >= 11 is 0. The lowest BCUT2D eigenvalue weighted by molar-refractivity contribution is -0.137. The first-order valence-electron chi connectivity index (χ1n) is 12.2. The van der Waals surface area contributed by atoms with Gasteiger partial charge in [0.1, 0.15) is 23.8 Å². The molecule has 3 aromatic carbocycles. The molecule has 37 heavy (non-hydrogen) atoms. The van der Waals surface area contributed by atoms with E-state index in [1.165, 1.54) is 19.2 Å². The van der Waals surface area contributed by atoms with Gasteiger partial charge in [0.05, 0.1) is 12.7 Å². The Labute approximate surface area is 216 Å². The second-order valence-electron chi connectivity index (χ2n) is 10.5. The van der Waals surface area contributed by atoms with Gasteiger partial charge < -0.3 is 19.9 Å². The Morgan fingerprint density at radius 1 is 1.08 bits per heavy atom. The molecule has 4 rings (SSSR count). The van der Waals surface area contributed by atoms with Crippen molar-refractivity contribution >= 4 is 17.6 Å². The van der Waals surface area contributed by atoms with Gasteiger partial charge in [-0.1, -0.05) is 38.1 Å². The number of rotatable bonds is 9. The van der Waals surface area contributed by atoms with Crippen LogP contribution in [0.5, 0.6) is 5.75 Å². The SMILES string of the molecule is COc1ccc(F)cc1CC(C)(C)CC(O)(Cc1ccccc1C)C(=O)Nc1ccc2c(c1)COC2=O. The topological polar surface area (TPSA) is 84.9 Å². The third-order valence-electron chi connectivity index (χ3n) is 6.79. The number of ether oxygens (including phenoxy) is 2. The Balaban J connectivity index is 1.63. The number of carbonyl (C=O) groups is 2. The molecule has 0 saturated heterocycles. The number of aryl methyl sites for hydroxylation is 1. The minimum Gasteiger partial charge on any atom is -0.496 e. The van der Waals surface area contributed by atoms with Crippen LogP contribution in [0.15, 0.2) is 60.7 Å². The molecular formula is C30H32FNO5. The number of benzene rings is 3. The summed E-state index contributed by atoms with van der Waals surface area (Å²) in [5.74, 6) is -0.770. The van der Waals surface area contributed by atoms with E-state index in [-0.39, 0.29) is 25.3 Å². The van der Waals surface area contributed by atoms with Crippen molar-refractivity contribution in [2.45, 2.75) is 52.2 Å². The molecule has 0 fully saturated rings. The number of hydrogen-bond donors (Lipinski definition) is 2. The molecule has 0 bridgehead atoms. The van der Waals surface area contributed by atoms with E-state index in [9.17, 15) is 19.1 Å². The van der Waals surface area contributed by atoms with Gasteiger partial charge in [-0.2, -0.15) is 0 Å². The largest absolute Gasteiger partial charge is 0.496 e. The summed E-state index contributed by atoms with van der Waals surface area (Å²) < 4.78 is 24.5. The summed E-state index contributed by atoms with van der Waals surface area (Å²) in [5.41, 5.74) is 1.72. The molecule has 0 aliphatic carbocycles. The average Bonchev–Trinajstić information content (AvgIpc) is 3.20. The van der Waals surface area contributed by atoms with Crippen LogP contribution in [0.25, 0.3) is 0 Å². The van der Waals surface area contributed by atoms with Gasteiger partial charge in [0.2, 0.25) is 0 Å². The standard InChI is InChI=1S/C30H32FNO5/c1-19-7-5-6-8-20(19)16-30(35,18-29(2,3)15-21-13-23(31)9-12-26(21)36-4)28(34)32-24-10-11-25-22(14-24)17-37-27(25)33/h5-14,35H,15-18H2,1-4H3,(H,32,34). The highest BCUT2D eigenvalue weighted by Gasteiger charge is 2.42. The second-order valence-corrected chi connectivity index (χ2v) is 10.5. The molecule has 0 aromatic heterocycles. The van der Waals surface area contributed by atoms with E-state index < -0.39 is 22.9 Å². The second kappa shape index (κ2) is 10.3. The number of halogens is 1. The lowest BCUT2D eigenvalue weighted by Crippen LogP contribution is -2.48. The molecule has 1 atom stereocenters. The van der Waals surface area contributed by atoms with Crippen molar-refractivity contribution in [2.75, 3.05) is 12.4 Å². The Morgan fingerprint density at radius 3 is 2.57 bits per heavy atom. The number of anilines is 1. The molecule has 1 heterocycles. The van der Waals surface area contributed by atoms with Gasteiger partial charge in [0.15, 0.2) is 0 Å². The van der Waals surface area contributed by atoms with Crippen LogP contribution in [0, 0.1) is 18.2 Å². The Bertz CT molecular complexity index is 1340. The molecular weight excluding hydrogens is 473 g/mol. The number of hydrogen-bond acceptors (Lipinski definition) is 5. The number of cyclic esters (lactones) is 1. The number of esters is 1. The van der Waals surface area contributed by atoms with E-state index in [0.717, 1.165) is 11.1 Å². The first-order valence-corrected chi connectivity index (χ1v) is 12.2. The van der Waals surface area contributed by atoms with Gasteiger partial charge >= 0.3 is 5.97 Å². The van der Waals surface area contributed by atoms with Crippen molar-refractivity contribution in [1.82, 2.24) is 0 Å². The lowest BCUT2D eigenvalue weighted by Gasteiger charge is -2.36. The number of nitrogens with one attached hydrogen (secondary N) is 1. The van der Waals surface area contributed by atoms with Crippen LogP contribution in [0.3, 0.4) is 0 Å². The smallest absolute Gasteiger partial charge is 0.338 e. The minimum absolute atomic E-state index is 0.0990. The monoisotopic (exact) mass is 505 g/mol. The van der Waals surface area contributed by atoms with Gasteiger partial charge in [-0.05, 0) is 78.3 Å². The summed E-state index contributed by atoms with van der Waals surface area (Å²) in [6.07, 6.45) is 0.587. The van der Waals surface area contributed by atoms with E-state index in [4.69, 9.17) is 9.47 Å². The van der Waals surface area contributed by atoms with Gasteiger partial charge in [0, 0.05) is 17.7 Å².